The highest BCUT2D eigenvalue weighted by Gasteiger charge is 2.30. The maximum Gasteiger partial charge on any atom is 0.277 e. The van der Waals surface area contributed by atoms with Crippen molar-refractivity contribution in [3.8, 4) is 0 Å². The fourth-order valence-corrected chi connectivity index (χ4v) is 2.11. The van der Waals surface area contributed by atoms with E-state index in [-0.39, 0.29) is 25.0 Å². The maximum absolute atomic E-state index is 13.8. The van der Waals surface area contributed by atoms with Crippen LogP contribution >= 0.6 is 0 Å². The molecule has 0 saturated carbocycles. The summed E-state index contributed by atoms with van der Waals surface area (Å²) in [6.07, 6.45) is 0. The van der Waals surface area contributed by atoms with Crippen molar-refractivity contribution in [1.29, 1.82) is 0 Å². The van der Waals surface area contributed by atoms with Crippen molar-refractivity contribution in [3.05, 3.63) is 45.5 Å². The predicted molar refractivity (Wildman–Crippen MR) is 69.6 cm³/mol. The van der Waals surface area contributed by atoms with Gasteiger partial charge in [-0.1, -0.05) is 6.07 Å². The van der Waals surface area contributed by atoms with E-state index in [4.69, 9.17) is 4.74 Å². The van der Waals surface area contributed by atoms with Crippen LogP contribution < -0.4 is 0 Å². The summed E-state index contributed by atoms with van der Waals surface area (Å²) in [5.74, 6) is -1.35. The van der Waals surface area contributed by atoms with Gasteiger partial charge in [-0.05, 0) is 13.0 Å². The lowest BCUT2D eigenvalue weighted by Gasteiger charge is -2.38. The van der Waals surface area contributed by atoms with E-state index in [0.29, 0.717) is 0 Å². The fourth-order valence-electron chi connectivity index (χ4n) is 2.11. The summed E-state index contributed by atoms with van der Waals surface area (Å²) < 4.78 is 32.1. The van der Waals surface area contributed by atoms with Crippen molar-refractivity contribution in [1.82, 2.24) is 9.80 Å². The van der Waals surface area contributed by atoms with E-state index in [1.807, 2.05) is 0 Å². The van der Waals surface area contributed by atoms with Gasteiger partial charge in [-0.15, -0.1) is 0 Å². The molecule has 0 radical (unpaired) electrons. The average Bonchev–Trinajstić information content (AvgIpc) is 2.40. The van der Waals surface area contributed by atoms with Gasteiger partial charge in [0.2, 0.25) is 0 Å². The Morgan fingerprint density at radius 3 is 2.76 bits per heavy atom. The molecular weight excluding hydrogens is 286 g/mol. The van der Waals surface area contributed by atoms with Crippen LogP contribution in [0.2, 0.25) is 0 Å². The van der Waals surface area contributed by atoms with E-state index in [2.05, 4.69) is 5.10 Å². The summed E-state index contributed by atoms with van der Waals surface area (Å²) in [5.41, 5.74) is 0.200. The first-order valence-electron chi connectivity index (χ1n) is 6.13. The van der Waals surface area contributed by atoms with Crippen LogP contribution in [0.5, 0.6) is 0 Å². The van der Waals surface area contributed by atoms with Crippen molar-refractivity contribution >= 4 is 5.96 Å². The zero-order valence-electron chi connectivity index (χ0n) is 11.5. The second-order valence-corrected chi connectivity index (χ2v) is 4.61. The molecule has 0 spiro atoms. The largest absolute Gasteiger partial charge is 0.341 e. The fraction of sp³-hybridized carbons (Fsp3) is 0.417. The van der Waals surface area contributed by atoms with E-state index in [9.17, 15) is 18.9 Å². The van der Waals surface area contributed by atoms with Crippen molar-refractivity contribution < 1.29 is 18.6 Å². The lowest BCUT2D eigenvalue weighted by atomic mass is 10.1. The summed E-state index contributed by atoms with van der Waals surface area (Å²) >= 11 is 0. The molecule has 1 saturated heterocycles. The molecule has 2 rings (SSSR count). The molecule has 1 heterocycles. The number of hydrazone groups is 1. The summed E-state index contributed by atoms with van der Waals surface area (Å²) in [4.78, 5) is 13.5. The van der Waals surface area contributed by atoms with Gasteiger partial charge in [-0.3, -0.25) is 0 Å². The van der Waals surface area contributed by atoms with Crippen LogP contribution in [-0.2, 0) is 4.74 Å². The Balaban J connectivity index is 2.35. The lowest BCUT2D eigenvalue weighted by Crippen LogP contribution is -2.51. The van der Waals surface area contributed by atoms with E-state index in [0.717, 1.165) is 12.1 Å². The Bertz CT molecular complexity index is 582. The molecular formula is C12H14F2N4O3. The highest BCUT2D eigenvalue weighted by molar-refractivity contribution is 5.80. The Hall–Kier alpha value is -2.29. The monoisotopic (exact) mass is 300 g/mol. The smallest absolute Gasteiger partial charge is 0.277 e. The highest BCUT2D eigenvalue weighted by atomic mass is 19.1. The highest BCUT2D eigenvalue weighted by Crippen LogP contribution is 2.26. The minimum absolute atomic E-state index is 0.0228. The molecule has 1 aliphatic heterocycles. The number of nitrogens with zero attached hydrogens (tertiary/aromatic N) is 4. The molecule has 0 bridgehead atoms. The van der Waals surface area contributed by atoms with Crippen LogP contribution in [0.3, 0.4) is 0 Å². The van der Waals surface area contributed by atoms with Crippen molar-refractivity contribution in [2.75, 3.05) is 20.5 Å². The lowest BCUT2D eigenvalue weighted by molar-refractivity contribution is -0.486. The minimum atomic E-state index is -0.822. The maximum atomic E-state index is 13.8. The molecule has 1 unspecified atom stereocenters. The predicted octanol–water partition coefficient (Wildman–Crippen LogP) is 1.75. The Kier molecular flexibility index (Phi) is 4.32. The first-order chi connectivity index (χ1) is 9.90. The van der Waals surface area contributed by atoms with Gasteiger partial charge in [0.25, 0.3) is 5.96 Å². The molecule has 1 atom stereocenters. The Morgan fingerprint density at radius 2 is 2.14 bits per heavy atom. The number of nitro groups is 1. The molecule has 1 aliphatic rings. The van der Waals surface area contributed by atoms with E-state index < -0.39 is 22.7 Å². The standard InChI is InChI=1S/C12H14F2N4O3/c1-8(10-4-3-9(13)5-11(10)14)17-7-21-6-16(2)12(17)15-18(19)20/h3-5,8H,6-7H2,1-2H3. The van der Waals surface area contributed by atoms with E-state index in [1.165, 1.54) is 15.9 Å². The van der Waals surface area contributed by atoms with Crippen LogP contribution in [-0.4, -0.2) is 41.3 Å². The molecule has 1 aromatic carbocycles. The zero-order chi connectivity index (χ0) is 15.6. The third kappa shape index (κ3) is 3.24. The van der Waals surface area contributed by atoms with Gasteiger partial charge in [0.1, 0.15) is 30.2 Å². The second-order valence-electron chi connectivity index (χ2n) is 4.61. The first kappa shape index (κ1) is 15.1. The van der Waals surface area contributed by atoms with E-state index >= 15 is 0 Å². The molecule has 0 aliphatic carbocycles. The normalized spacial score (nSPS) is 19.0. The molecule has 1 fully saturated rings. The topological polar surface area (TPSA) is 71.2 Å². The molecule has 9 heteroatoms. The molecule has 0 amide bonds. The van der Waals surface area contributed by atoms with Crippen LogP contribution in [0.25, 0.3) is 0 Å². The number of benzene rings is 1. The number of hydrogen-bond donors (Lipinski definition) is 0. The van der Waals surface area contributed by atoms with Crippen molar-refractivity contribution in [2.45, 2.75) is 13.0 Å². The summed E-state index contributed by atoms with van der Waals surface area (Å²) in [6.45, 7) is 1.80. The number of guanidine groups is 1. The Labute approximate surface area is 119 Å². The second kappa shape index (κ2) is 6.00. The first-order valence-corrected chi connectivity index (χ1v) is 6.13. The van der Waals surface area contributed by atoms with Gasteiger partial charge in [-0.2, -0.15) is 0 Å². The van der Waals surface area contributed by atoms with Gasteiger partial charge >= 0.3 is 0 Å². The number of ether oxygens (including phenoxy) is 1. The molecule has 1 aromatic rings. The zero-order valence-corrected chi connectivity index (χ0v) is 11.5. The van der Waals surface area contributed by atoms with Crippen molar-refractivity contribution in [3.63, 3.8) is 0 Å². The summed E-state index contributed by atoms with van der Waals surface area (Å²) in [7, 11) is 1.57. The van der Waals surface area contributed by atoms with Gasteiger partial charge in [-0.25, -0.2) is 18.9 Å². The average molecular weight is 300 g/mol. The molecule has 0 aromatic heterocycles. The number of rotatable bonds is 3. The van der Waals surface area contributed by atoms with Crippen LogP contribution in [0, 0.1) is 21.7 Å². The van der Waals surface area contributed by atoms with Crippen LogP contribution in [0.1, 0.15) is 18.5 Å². The van der Waals surface area contributed by atoms with Gasteiger partial charge in [0.05, 0.1) is 6.04 Å². The van der Waals surface area contributed by atoms with Gasteiger partial charge < -0.3 is 14.5 Å². The summed E-state index contributed by atoms with van der Waals surface area (Å²) in [6, 6.07) is 2.60. The molecule has 7 nitrogen and oxygen atoms in total. The minimum Gasteiger partial charge on any atom is -0.341 e. The molecule has 21 heavy (non-hydrogen) atoms. The SMILES string of the molecule is CC(c1ccc(F)cc1F)N1COCN(C)C1=N[N+](=O)[O-]. The Morgan fingerprint density at radius 1 is 1.43 bits per heavy atom. The third-order valence-electron chi connectivity index (χ3n) is 3.16. The van der Waals surface area contributed by atoms with E-state index in [1.54, 1.807) is 14.0 Å². The third-order valence-corrected chi connectivity index (χ3v) is 3.16. The van der Waals surface area contributed by atoms with Crippen molar-refractivity contribution in [2.24, 2.45) is 5.10 Å². The van der Waals surface area contributed by atoms with Crippen LogP contribution in [0.4, 0.5) is 8.78 Å². The molecule has 114 valence electrons. The van der Waals surface area contributed by atoms with Gasteiger partial charge in [0.15, 0.2) is 5.03 Å². The number of halogens is 2. The quantitative estimate of drug-likeness (QED) is 0.628. The van der Waals surface area contributed by atoms with Gasteiger partial charge in [0, 0.05) is 18.7 Å². The molecule has 0 N–H and O–H groups in total. The number of hydrogen-bond acceptors (Lipinski definition) is 3. The van der Waals surface area contributed by atoms with Crippen LogP contribution in [0.15, 0.2) is 23.3 Å². The summed E-state index contributed by atoms with van der Waals surface area (Å²) in [5, 5.41) is 13.1.